The number of nitrogens with one attached hydrogen (secondary N) is 1. The van der Waals surface area contributed by atoms with Crippen LogP contribution >= 0.6 is 27.5 Å². The summed E-state index contributed by atoms with van der Waals surface area (Å²) < 4.78 is 0.971. The fraction of sp³-hybridized carbons (Fsp3) is 0.538. The molecule has 1 aromatic carbocycles. The van der Waals surface area contributed by atoms with Gasteiger partial charge in [0, 0.05) is 10.5 Å². The maximum atomic E-state index is 6.32. The minimum Gasteiger partial charge on any atom is -0.310 e. The van der Waals surface area contributed by atoms with E-state index >= 15 is 0 Å². The van der Waals surface area contributed by atoms with E-state index in [0.717, 1.165) is 22.5 Å². The molecule has 0 aromatic heterocycles. The van der Waals surface area contributed by atoms with Gasteiger partial charge < -0.3 is 5.32 Å². The SMILES string of the molecule is CCNC(CC(C)C)c1cccc(Br)c1Cl. The van der Waals surface area contributed by atoms with E-state index in [0.29, 0.717) is 12.0 Å². The van der Waals surface area contributed by atoms with Crippen molar-refractivity contribution >= 4 is 27.5 Å². The highest BCUT2D eigenvalue weighted by Gasteiger charge is 2.16. The van der Waals surface area contributed by atoms with Gasteiger partial charge in [-0.15, -0.1) is 0 Å². The van der Waals surface area contributed by atoms with Crippen LogP contribution in [0.15, 0.2) is 22.7 Å². The van der Waals surface area contributed by atoms with Crippen LogP contribution < -0.4 is 5.32 Å². The van der Waals surface area contributed by atoms with Crippen molar-refractivity contribution in [1.29, 1.82) is 0 Å². The smallest absolute Gasteiger partial charge is 0.0595 e. The molecule has 1 aromatic rings. The first-order chi connectivity index (χ1) is 7.56. The molecule has 16 heavy (non-hydrogen) atoms. The fourth-order valence-corrected chi connectivity index (χ4v) is 2.47. The third-order valence-electron chi connectivity index (χ3n) is 2.51. The molecular weight excluding hydrogens is 286 g/mol. The Morgan fingerprint density at radius 1 is 1.38 bits per heavy atom. The van der Waals surface area contributed by atoms with Crippen LogP contribution in [0.3, 0.4) is 0 Å². The van der Waals surface area contributed by atoms with Crippen molar-refractivity contribution in [1.82, 2.24) is 5.32 Å². The van der Waals surface area contributed by atoms with Crippen LogP contribution in [-0.4, -0.2) is 6.54 Å². The fourth-order valence-electron chi connectivity index (χ4n) is 1.83. The zero-order valence-electron chi connectivity index (χ0n) is 10.1. The van der Waals surface area contributed by atoms with Crippen LogP contribution in [0, 0.1) is 5.92 Å². The van der Waals surface area contributed by atoms with Gasteiger partial charge in [0.05, 0.1) is 5.02 Å². The van der Waals surface area contributed by atoms with Crippen LogP contribution in [0.2, 0.25) is 5.02 Å². The number of benzene rings is 1. The largest absolute Gasteiger partial charge is 0.310 e. The van der Waals surface area contributed by atoms with Crippen molar-refractivity contribution in [3.8, 4) is 0 Å². The van der Waals surface area contributed by atoms with E-state index in [9.17, 15) is 0 Å². The minimum atomic E-state index is 0.343. The van der Waals surface area contributed by atoms with Crippen molar-refractivity contribution in [3.63, 3.8) is 0 Å². The van der Waals surface area contributed by atoms with Crippen molar-refractivity contribution in [2.75, 3.05) is 6.54 Å². The Morgan fingerprint density at radius 2 is 2.06 bits per heavy atom. The molecule has 0 aliphatic carbocycles. The van der Waals surface area contributed by atoms with Crippen molar-refractivity contribution in [2.45, 2.75) is 33.2 Å². The topological polar surface area (TPSA) is 12.0 Å². The summed E-state index contributed by atoms with van der Waals surface area (Å²) in [5.41, 5.74) is 1.19. The van der Waals surface area contributed by atoms with E-state index in [1.165, 1.54) is 5.56 Å². The highest BCUT2D eigenvalue weighted by Crippen LogP contribution is 2.32. The maximum absolute atomic E-state index is 6.32. The Kier molecular flexibility index (Phi) is 5.81. The molecule has 0 fully saturated rings. The zero-order chi connectivity index (χ0) is 12.1. The first-order valence-electron chi connectivity index (χ1n) is 5.73. The molecule has 0 spiro atoms. The average Bonchev–Trinajstić information content (AvgIpc) is 2.21. The summed E-state index contributed by atoms with van der Waals surface area (Å²) in [4.78, 5) is 0. The van der Waals surface area contributed by atoms with Gasteiger partial charge in [-0.05, 0) is 46.4 Å². The monoisotopic (exact) mass is 303 g/mol. The Morgan fingerprint density at radius 3 is 2.62 bits per heavy atom. The third kappa shape index (κ3) is 3.76. The molecule has 0 bridgehead atoms. The predicted molar refractivity (Wildman–Crippen MR) is 75.0 cm³/mol. The van der Waals surface area contributed by atoms with Gasteiger partial charge in [0.25, 0.3) is 0 Å². The summed E-state index contributed by atoms with van der Waals surface area (Å²) in [6.07, 6.45) is 1.10. The maximum Gasteiger partial charge on any atom is 0.0595 e. The molecule has 3 heteroatoms. The highest BCUT2D eigenvalue weighted by molar-refractivity contribution is 9.10. The molecule has 0 saturated carbocycles. The number of hydrogen-bond acceptors (Lipinski definition) is 1. The lowest BCUT2D eigenvalue weighted by Crippen LogP contribution is -2.22. The van der Waals surface area contributed by atoms with Gasteiger partial charge in [-0.3, -0.25) is 0 Å². The lowest BCUT2D eigenvalue weighted by Gasteiger charge is -2.21. The molecule has 0 saturated heterocycles. The first kappa shape index (κ1) is 14.0. The molecule has 1 rings (SSSR count). The van der Waals surface area contributed by atoms with Crippen LogP contribution in [0.25, 0.3) is 0 Å². The standard InChI is InChI=1S/C13H19BrClN/c1-4-16-12(8-9(2)3)10-6-5-7-11(14)13(10)15/h5-7,9,12,16H,4,8H2,1-3H3. The van der Waals surface area contributed by atoms with Crippen LogP contribution in [0.5, 0.6) is 0 Å². The molecule has 0 aliphatic rings. The van der Waals surface area contributed by atoms with Gasteiger partial charge >= 0.3 is 0 Å². The van der Waals surface area contributed by atoms with Gasteiger partial charge in [0.1, 0.15) is 0 Å². The highest BCUT2D eigenvalue weighted by atomic mass is 79.9. The number of hydrogen-bond donors (Lipinski definition) is 1. The summed E-state index contributed by atoms with van der Waals surface area (Å²) in [5.74, 6) is 0.652. The van der Waals surface area contributed by atoms with Gasteiger partial charge in [-0.2, -0.15) is 0 Å². The summed E-state index contributed by atoms with van der Waals surface area (Å²) in [5, 5.41) is 4.32. The Labute approximate surface area is 112 Å². The first-order valence-corrected chi connectivity index (χ1v) is 6.90. The van der Waals surface area contributed by atoms with E-state index in [-0.39, 0.29) is 0 Å². The molecule has 1 nitrogen and oxygen atoms in total. The normalized spacial score (nSPS) is 13.1. The molecule has 1 atom stereocenters. The van der Waals surface area contributed by atoms with Crippen LogP contribution in [0.1, 0.15) is 38.8 Å². The molecule has 1 N–H and O–H groups in total. The predicted octanol–water partition coefficient (Wildman–Crippen LogP) is 4.80. The van der Waals surface area contributed by atoms with Crippen LogP contribution in [0.4, 0.5) is 0 Å². The summed E-state index contributed by atoms with van der Waals surface area (Å²) >= 11 is 9.79. The Bertz CT molecular complexity index is 339. The van der Waals surface area contributed by atoms with E-state index < -0.39 is 0 Å². The van der Waals surface area contributed by atoms with E-state index in [1.807, 2.05) is 12.1 Å². The van der Waals surface area contributed by atoms with E-state index in [1.54, 1.807) is 0 Å². The summed E-state index contributed by atoms with van der Waals surface area (Å²) in [6, 6.07) is 6.46. The molecule has 0 radical (unpaired) electrons. The Hall–Kier alpha value is -0.0500. The molecule has 90 valence electrons. The molecule has 0 aliphatic heterocycles. The van der Waals surface area contributed by atoms with E-state index in [2.05, 4.69) is 48.1 Å². The second kappa shape index (κ2) is 6.63. The minimum absolute atomic E-state index is 0.343. The molecular formula is C13H19BrClN. The lowest BCUT2D eigenvalue weighted by molar-refractivity contribution is 0.438. The quantitative estimate of drug-likeness (QED) is 0.824. The number of halogens is 2. The van der Waals surface area contributed by atoms with Crippen LogP contribution in [-0.2, 0) is 0 Å². The van der Waals surface area contributed by atoms with Crippen molar-refractivity contribution in [3.05, 3.63) is 33.3 Å². The zero-order valence-corrected chi connectivity index (χ0v) is 12.4. The number of rotatable bonds is 5. The van der Waals surface area contributed by atoms with Gasteiger partial charge in [-0.1, -0.05) is 44.5 Å². The second-order valence-electron chi connectivity index (χ2n) is 4.38. The second-order valence-corrected chi connectivity index (χ2v) is 5.62. The van der Waals surface area contributed by atoms with Crippen molar-refractivity contribution < 1.29 is 0 Å². The third-order valence-corrected chi connectivity index (χ3v) is 3.83. The van der Waals surface area contributed by atoms with Gasteiger partial charge in [0.15, 0.2) is 0 Å². The van der Waals surface area contributed by atoms with E-state index in [4.69, 9.17) is 11.6 Å². The lowest BCUT2D eigenvalue weighted by atomic mass is 9.97. The summed E-state index contributed by atoms with van der Waals surface area (Å²) in [7, 11) is 0. The Balaban J connectivity index is 2.96. The molecule has 1 unspecified atom stereocenters. The summed E-state index contributed by atoms with van der Waals surface area (Å²) in [6.45, 7) is 7.55. The molecule has 0 amide bonds. The van der Waals surface area contributed by atoms with Gasteiger partial charge in [-0.25, -0.2) is 0 Å². The van der Waals surface area contributed by atoms with Gasteiger partial charge in [0.2, 0.25) is 0 Å². The van der Waals surface area contributed by atoms with Crippen molar-refractivity contribution in [2.24, 2.45) is 5.92 Å². The molecule has 0 heterocycles. The average molecular weight is 305 g/mol.